The minimum atomic E-state index is 0.210. The van der Waals surface area contributed by atoms with Gasteiger partial charge in [-0.15, -0.1) is 0 Å². The van der Waals surface area contributed by atoms with Crippen LogP contribution in [0.15, 0.2) is 23.8 Å². The molecule has 0 aromatic carbocycles. The molecule has 0 unspecified atom stereocenters. The van der Waals surface area contributed by atoms with E-state index in [2.05, 4.69) is 103 Å². The molecule has 27 heavy (non-hydrogen) atoms. The minimum absolute atomic E-state index is 0.210. The lowest BCUT2D eigenvalue weighted by atomic mass is 9.66. The van der Waals surface area contributed by atoms with Crippen LogP contribution in [0.5, 0.6) is 0 Å². The van der Waals surface area contributed by atoms with E-state index in [-0.39, 0.29) is 5.41 Å². The summed E-state index contributed by atoms with van der Waals surface area (Å²) in [6, 6.07) is 0. The highest BCUT2D eigenvalue weighted by Crippen LogP contribution is 2.45. The summed E-state index contributed by atoms with van der Waals surface area (Å²) in [6.07, 6.45) is 8.58. The van der Waals surface area contributed by atoms with E-state index in [9.17, 15) is 0 Å². The van der Waals surface area contributed by atoms with E-state index in [1.54, 1.807) is 5.57 Å². The third-order valence-electron chi connectivity index (χ3n) is 5.80. The molecule has 0 radical (unpaired) electrons. The number of hydrogen-bond acceptors (Lipinski definition) is 0. The first-order chi connectivity index (χ1) is 11.7. The van der Waals surface area contributed by atoms with Crippen LogP contribution in [-0.4, -0.2) is 0 Å². The van der Waals surface area contributed by atoms with Gasteiger partial charge < -0.3 is 0 Å². The predicted octanol–water partition coefficient (Wildman–Crippen LogP) is 9.61. The fourth-order valence-corrected chi connectivity index (χ4v) is 5.55. The van der Waals surface area contributed by atoms with Crippen LogP contribution in [0.3, 0.4) is 0 Å². The second-order valence-electron chi connectivity index (χ2n) is 13.7. The molecule has 0 aromatic rings. The molecule has 0 rings (SSSR count). The molecule has 0 bridgehead atoms. The lowest BCUT2D eigenvalue weighted by Gasteiger charge is -2.39. The summed E-state index contributed by atoms with van der Waals surface area (Å²) < 4.78 is 0. The van der Waals surface area contributed by atoms with Crippen LogP contribution in [-0.2, 0) is 0 Å². The van der Waals surface area contributed by atoms with E-state index in [1.165, 1.54) is 31.3 Å². The molecule has 0 nitrogen and oxygen atoms in total. The van der Waals surface area contributed by atoms with Gasteiger partial charge in [-0.1, -0.05) is 100.0 Å². The van der Waals surface area contributed by atoms with Gasteiger partial charge in [0.2, 0.25) is 0 Å². The zero-order chi connectivity index (χ0) is 21.9. The highest BCUT2D eigenvalue weighted by molar-refractivity contribution is 5.08. The molecule has 0 aliphatic rings. The smallest absolute Gasteiger partial charge is 0.0145 e. The molecular formula is C27H52. The van der Waals surface area contributed by atoms with Gasteiger partial charge in [0.15, 0.2) is 0 Å². The molecule has 0 fully saturated rings. The van der Waals surface area contributed by atoms with Crippen molar-refractivity contribution in [2.75, 3.05) is 0 Å². The lowest BCUT2D eigenvalue weighted by molar-refractivity contribution is 0.132. The van der Waals surface area contributed by atoms with Crippen LogP contribution < -0.4 is 0 Å². The van der Waals surface area contributed by atoms with Crippen molar-refractivity contribution >= 4 is 0 Å². The van der Waals surface area contributed by atoms with Gasteiger partial charge in [0.1, 0.15) is 0 Å². The maximum atomic E-state index is 4.20. The van der Waals surface area contributed by atoms with Crippen molar-refractivity contribution in [3.05, 3.63) is 23.8 Å². The summed E-state index contributed by atoms with van der Waals surface area (Å²) in [5, 5.41) is 0. The first-order valence-electron chi connectivity index (χ1n) is 11.0. The van der Waals surface area contributed by atoms with Crippen LogP contribution in [0.1, 0.15) is 122 Å². The first-order valence-corrected chi connectivity index (χ1v) is 11.0. The van der Waals surface area contributed by atoms with Crippen LogP contribution in [0.2, 0.25) is 0 Å². The Balaban J connectivity index is 4.95. The van der Waals surface area contributed by atoms with Gasteiger partial charge in [0.05, 0.1) is 0 Å². The van der Waals surface area contributed by atoms with Gasteiger partial charge in [0.25, 0.3) is 0 Å². The summed E-state index contributed by atoms with van der Waals surface area (Å²) in [5.41, 5.74) is 4.47. The Morgan fingerprint density at radius 1 is 0.667 bits per heavy atom. The average molecular weight is 377 g/mol. The highest BCUT2D eigenvalue weighted by atomic mass is 14.4. The van der Waals surface area contributed by atoms with Crippen molar-refractivity contribution < 1.29 is 0 Å². The van der Waals surface area contributed by atoms with E-state index in [4.69, 9.17) is 0 Å². The second-order valence-corrected chi connectivity index (χ2v) is 13.7. The summed E-state index contributed by atoms with van der Waals surface area (Å²) in [6.45, 7) is 35.0. The Hall–Kier alpha value is -0.520. The van der Waals surface area contributed by atoms with Crippen molar-refractivity contribution in [3.63, 3.8) is 0 Å². The third-order valence-corrected chi connectivity index (χ3v) is 5.80. The standard InChI is InChI=1S/C27H52/c1-21(2)27(13,14)20-24(7,8)16-15-22(3)17-25(9,10)19-26(11,12)18-23(4,5)6/h15H,1,16-20H2,2-14H3/b22-15+. The number of allylic oxidation sites excluding steroid dienone is 3. The van der Waals surface area contributed by atoms with E-state index in [0.29, 0.717) is 21.7 Å². The predicted molar refractivity (Wildman–Crippen MR) is 126 cm³/mol. The van der Waals surface area contributed by atoms with E-state index in [0.717, 1.165) is 6.42 Å². The quantitative estimate of drug-likeness (QED) is 0.333. The van der Waals surface area contributed by atoms with Gasteiger partial charge in [-0.25, -0.2) is 0 Å². The fourth-order valence-electron chi connectivity index (χ4n) is 5.55. The van der Waals surface area contributed by atoms with Crippen molar-refractivity contribution in [1.82, 2.24) is 0 Å². The maximum Gasteiger partial charge on any atom is -0.0145 e. The van der Waals surface area contributed by atoms with Crippen molar-refractivity contribution in [3.8, 4) is 0 Å². The van der Waals surface area contributed by atoms with Gasteiger partial charge >= 0.3 is 0 Å². The van der Waals surface area contributed by atoms with Crippen molar-refractivity contribution in [1.29, 1.82) is 0 Å². The molecule has 0 aliphatic carbocycles. The molecule has 0 spiro atoms. The Bertz CT molecular complexity index is 515. The Morgan fingerprint density at radius 3 is 1.56 bits per heavy atom. The Kier molecular flexibility index (Phi) is 8.70. The molecule has 0 amide bonds. The highest BCUT2D eigenvalue weighted by Gasteiger charge is 2.33. The van der Waals surface area contributed by atoms with E-state index >= 15 is 0 Å². The van der Waals surface area contributed by atoms with Gasteiger partial charge in [-0.3, -0.25) is 0 Å². The molecule has 0 heteroatoms. The molecule has 0 N–H and O–H groups in total. The van der Waals surface area contributed by atoms with Crippen LogP contribution >= 0.6 is 0 Å². The zero-order valence-corrected chi connectivity index (χ0v) is 21.3. The van der Waals surface area contributed by atoms with Gasteiger partial charge in [0, 0.05) is 0 Å². The molecule has 0 aromatic heterocycles. The average Bonchev–Trinajstić information content (AvgIpc) is 2.29. The maximum absolute atomic E-state index is 4.20. The fraction of sp³-hybridized carbons (Fsp3) is 0.852. The SMILES string of the molecule is C=C(C)C(C)(C)CC(C)(C)C/C=C(\C)CC(C)(C)CC(C)(C)CC(C)(C)C. The number of hydrogen-bond donors (Lipinski definition) is 0. The lowest BCUT2D eigenvalue weighted by Crippen LogP contribution is -2.27. The Morgan fingerprint density at radius 2 is 1.15 bits per heavy atom. The van der Waals surface area contributed by atoms with Crippen molar-refractivity contribution in [2.45, 2.75) is 122 Å². The normalized spacial score (nSPS) is 15.2. The first kappa shape index (κ1) is 26.5. The second kappa shape index (κ2) is 8.87. The largest absolute Gasteiger partial charge is 0.0996 e. The summed E-state index contributed by atoms with van der Waals surface area (Å²) in [5.74, 6) is 0. The number of rotatable bonds is 10. The van der Waals surface area contributed by atoms with Gasteiger partial charge in [-0.2, -0.15) is 0 Å². The molecular weight excluding hydrogens is 324 g/mol. The molecule has 0 saturated carbocycles. The van der Waals surface area contributed by atoms with E-state index < -0.39 is 0 Å². The Labute approximate surface area is 173 Å². The summed E-state index contributed by atoms with van der Waals surface area (Å²) >= 11 is 0. The van der Waals surface area contributed by atoms with Crippen molar-refractivity contribution in [2.24, 2.45) is 27.1 Å². The zero-order valence-electron chi connectivity index (χ0n) is 21.3. The van der Waals surface area contributed by atoms with Crippen LogP contribution in [0.4, 0.5) is 0 Å². The molecule has 160 valence electrons. The molecule has 0 saturated heterocycles. The third kappa shape index (κ3) is 11.8. The topological polar surface area (TPSA) is 0 Å². The van der Waals surface area contributed by atoms with Crippen LogP contribution in [0, 0.1) is 27.1 Å². The monoisotopic (exact) mass is 376 g/mol. The summed E-state index contributed by atoms with van der Waals surface area (Å²) in [4.78, 5) is 0. The van der Waals surface area contributed by atoms with Gasteiger partial charge in [-0.05, 0) is 73.0 Å². The minimum Gasteiger partial charge on any atom is -0.0996 e. The molecule has 0 atom stereocenters. The molecule has 0 heterocycles. The van der Waals surface area contributed by atoms with E-state index in [1.807, 2.05) is 0 Å². The van der Waals surface area contributed by atoms with Crippen LogP contribution in [0.25, 0.3) is 0 Å². The summed E-state index contributed by atoms with van der Waals surface area (Å²) in [7, 11) is 0. The molecule has 0 aliphatic heterocycles.